The summed E-state index contributed by atoms with van der Waals surface area (Å²) in [6.07, 6.45) is 10.0. The predicted molar refractivity (Wildman–Crippen MR) is 219 cm³/mol. The molecule has 1 saturated carbocycles. The van der Waals surface area contributed by atoms with Crippen LogP contribution in [0.2, 0.25) is 0 Å². The number of hydrogen-bond donors (Lipinski definition) is 2. The molecule has 3 aromatic carbocycles. The van der Waals surface area contributed by atoms with Gasteiger partial charge in [0.15, 0.2) is 6.29 Å². The number of rotatable bonds is 21. The maximum Gasteiger partial charge on any atom is 0.269 e. The van der Waals surface area contributed by atoms with E-state index in [0.717, 1.165) is 60.1 Å². The number of oxime groups is 1. The Morgan fingerprint density at radius 2 is 1.77 bits per heavy atom. The van der Waals surface area contributed by atoms with Crippen LogP contribution in [0.5, 0.6) is 23.0 Å². The normalized spacial score (nSPS) is 24.0. The first kappa shape index (κ1) is 41.9. The Kier molecular flexibility index (Phi) is 14.5. The Balaban J connectivity index is 1.48. The lowest BCUT2D eigenvalue weighted by Crippen LogP contribution is -2.64. The molecule has 1 fully saturated rings. The molecular weight excluding hydrogens is 749 g/mol. The monoisotopic (exact) mass is 800 g/mol. The van der Waals surface area contributed by atoms with Crippen molar-refractivity contribution in [2.75, 3.05) is 32.7 Å². The quantitative estimate of drug-likeness (QED) is 0.0349. The summed E-state index contributed by atoms with van der Waals surface area (Å²) in [6, 6.07) is 17.2. The third-order valence-electron chi connectivity index (χ3n) is 11.1. The number of aldehydes is 1. The molecule has 57 heavy (non-hydrogen) atoms. The number of nitro benzene ring substituents is 1. The molecule has 6 rings (SSSR count). The Morgan fingerprint density at radius 3 is 2.46 bits per heavy atom. The molecule has 12 nitrogen and oxygen atoms in total. The van der Waals surface area contributed by atoms with Gasteiger partial charge >= 0.3 is 0 Å². The van der Waals surface area contributed by atoms with Crippen LogP contribution in [0.3, 0.4) is 0 Å². The zero-order valence-electron chi connectivity index (χ0n) is 32.5. The third kappa shape index (κ3) is 9.22. The number of hydrogen-bond acceptors (Lipinski definition) is 12. The number of unbranched alkanes of at least 4 members (excludes halogenated alkanes) is 2. The van der Waals surface area contributed by atoms with Crippen molar-refractivity contribution in [3.8, 4) is 23.0 Å². The minimum atomic E-state index is -1.09. The molecule has 3 aliphatic rings. The van der Waals surface area contributed by atoms with E-state index in [1.807, 2.05) is 18.2 Å². The molecule has 1 aliphatic heterocycles. The lowest BCUT2D eigenvalue weighted by atomic mass is 9.56. The standard InChI is InChI=1S/C44H52N2O10S/c1-4-22-53-44-41(57-5-2)26-38(45-54-28-29-12-14-32(15-13-29)46(50)51)36-24-30(10-6-8-20-47)35(11-7-9-21-48)42(43(36)44)37-25-34(17-19-40(37)56-44)55-33-16-18-39(52-3)31(23-33)27-49/h4,12-19,23-25,27,30,35,41-43,47-48H,1,5-11,20-22,26,28H2,2-3H3. The molecule has 304 valence electrons. The lowest BCUT2D eigenvalue weighted by molar-refractivity contribution is -0.384. The van der Waals surface area contributed by atoms with E-state index in [4.69, 9.17) is 28.9 Å². The van der Waals surface area contributed by atoms with Crippen LogP contribution in [0.4, 0.5) is 5.69 Å². The average Bonchev–Trinajstić information content (AvgIpc) is 3.22. The molecule has 3 aromatic rings. The molecule has 1 heterocycles. The van der Waals surface area contributed by atoms with Crippen LogP contribution in [0.1, 0.15) is 79.3 Å². The third-order valence-corrected chi connectivity index (χ3v) is 12.3. The Bertz CT molecular complexity index is 1930. The largest absolute Gasteiger partial charge is 0.496 e. The summed E-state index contributed by atoms with van der Waals surface area (Å²) in [5, 5.41) is 35.5. The highest BCUT2D eigenvalue weighted by atomic mass is 32.2. The summed E-state index contributed by atoms with van der Waals surface area (Å²) >= 11 is 1.75. The molecule has 0 saturated heterocycles. The summed E-state index contributed by atoms with van der Waals surface area (Å²) in [5.74, 6) is 1.73. The zero-order chi connectivity index (χ0) is 40.4. The van der Waals surface area contributed by atoms with Crippen LogP contribution in [0.25, 0.3) is 0 Å². The van der Waals surface area contributed by atoms with Gasteiger partial charge < -0.3 is 34.0 Å². The fourth-order valence-corrected chi connectivity index (χ4v) is 9.82. The van der Waals surface area contributed by atoms with Gasteiger partial charge in [-0.05, 0) is 103 Å². The second-order valence-corrected chi connectivity index (χ2v) is 16.0. The SMILES string of the molecule is C=CCOC12Oc3ccc(Oc4ccc(OC)c(C=O)c4)cc3C3C(CCCCO)C(CCCCO)C=C(C(=NOCc4ccc([N+](=O)[O-])cc4)CC1SCC)C32. The maximum absolute atomic E-state index is 11.8. The number of benzene rings is 3. The molecule has 6 atom stereocenters. The fraction of sp³-hybridized carbons (Fsp3) is 0.455. The summed E-state index contributed by atoms with van der Waals surface area (Å²) < 4.78 is 25.9. The van der Waals surface area contributed by atoms with Crippen molar-refractivity contribution in [2.45, 2.75) is 75.4 Å². The number of thioether (sulfide) groups is 1. The summed E-state index contributed by atoms with van der Waals surface area (Å²) in [4.78, 5) is 28.7. The number of nitrogens with zero attached hydrogens (tertiary/aromatic N) is 2. The number of allylic oxidation sites excluding steroid dienone is 1. The van der Waals surface area contributed by atoms with Crippen LogP contribution in [0, 0.1) is 27.9 Å². The number of ether oxygens (including phenoxy) is 4. The maximum atomic E-state index is 11.8. The molecule has 0 aromatic heterocycles. The predicted octanol–water partition coefficient (Wildman–Crippen LogP) is 8.80. The van der Waals surface area contributed by atoms with Crippen molar-refractivity contribution in [1.82, 2.24) is 0 Å². The van der Waals surface area contributed by atoms with E-state index in [-0.39, 0.29) is 61.0 Å². The van der Waals surface area contributed by atoms with Gasteiger partial charge in [-0.1, -0.05) is 37.1 Å². The number of nitro groups is 1. The van der Waals surface area contributed by atoms with Crippen molar-refractivity contribution < 1.29 is 43.7 Å². The van der Waals surface area contributed by atoms with E-state index in [1.165, 1.54) is 19.2 Å². The summed E-state index contributed by atoms with van der Waals surface area (Å²) in [5.41, 5.74) is 3.91. The van der Waals surface area contributed by atoms with Crippen LogP contribution < -0.4 is 14.2 Å². The molecule has 0 bridgehead atoms. The molecule has 2 N–H and O–H groups in total. The van der Waals surface area contributed by atoms with Crippen molar-refractivity contribution in [2.24, 2.45) is 22.9 Å². The molecule has 6 unspecified atom stereocenters. The Labute approximate surface area is 338 Å². The Morgan fingerprint density at radius 1 is 1.04 bits per heavy atom. The van der Waals surface area contributed by atoms with Gasteiger partial charge in [0, 0.05) is 43.2 Å². The number of aliphatic hydroxyl groups excluding tert-OH is 2. The average molecular weight is 801 g/mol. The number of carbonyl (C=O) groups is 1. The van der Waals surface area contributed by atoms with E-state index < -0.39 is 10.7 Å². The topological polar surface area (TPSA) is 159 Å². The van der Waals surface area contributed by atoms with Crippen LogP contribution in [-0.4, -0.2) is 70.9 Å². The van der Waals surface area contributed by atoms with Crippen LogP contribution in [-0.2, 0) is 16.2 Å². The fourth-order valence-electron chi connectivity index (χ4n) is 8.64. The van der Waals surface area contributed by atoms with Gasteiger partial charge in [-0.3, -0.25) is 14.9 Å². The van der Waals surface area contributed by atoms with E-state index in [0.29, 0.717) is 47.8 Å². The van der Waals surface area contributed by atoms with Crippen molar-refractivity contribution in [1.29, 1.82) is 0 Å². The van der Waals surface area contributed by atoms with Gasteiger partial charge in [-0.15, -0.1) is 6.58 Å². The highest BCUT2D eigenvalue weighted by molar-refractivity contribution is 8.00. The first-order chi connectivity index (χ1) is 27.8. The number of methoxy groups -OCH3 is 1. The first-order valence-electron chi connectivity index (χ1n) is 19.7. The van der Waals surface area contributed by atoms with Crippen LogP contribution >= 0.6 is 11.8 Å². The van der Waals surface area contributed by atoms with E-state index in [9.17, 15) is 25.1 Å². The number of non-ortho nitro benzene ring substituents is 1. The molecule has 0 radical (unpaired) electrons. The van der Waals surface area contributed by atoms with Gasteiger partial charge in [0.2, 0.25) is 5.79 Å². The highest BCUT2D eigenvalue weighted by Crippen LogP contribution is 2.62. The van der Waals surface area contributed by atoms with Gasteiger partial charge in [-0.2, -0.15) is 11.8 Å². The first-order valence-corrected chi connectivity index (χ1v) is 20.7. The number of aliphatic hydroxyl groups is 2. The second kappa shape index (κ2) is 19.6. The molecule has 2 aliphatic carbocycles. The van der Waals surface area contributed by atoms with E-state index in [1.54, 1.807) is 48.2 Å². The van der Waals surface area contributed by atoms with Crippen molar-refractivity contribution >= 4 is 29.4 Å². The van der Waals surface area contributed by atoms with Crippen LogP contribution in [0.15, 0.2) is 90.1 Å². The van der Waals surface area contributed by atoms with Crippen molar-refractivity contribution in [3.05, 3.63) is 112 Å². The summed E-state index contributed by atoms with van der Waals surface area (Å²) in [7, 11) is 1.52. The Hall–Kier alpha value is -4.69. The second-order valence-electron chi connectivity index (χ2n) is 14.5. The summed E-state index contributed by atoms with van der Waals surface area (Å²) in [6.45, 7) is 6.71. The molecule has 0 spiro atoms. The lowest BCUT2D eigenvalue weighted by Gasteiger charge is -2.58. The van der Waals surface area contributed by atoms with Gasteiger partial charge in [0.1, 0.15) is 29.6 Å². The van der Waals surface area contributed by atoms with E-state index in [2.05, 4.69) is 19.6 Å². The minimum Gasteiger partial charge on any atom is -0.496 e. The van der Waals surface area contributed by atoms with E-state index >= 15 is 0 Å². The van der Waals surface area contributed by atoms with Gasteiger partial charge in [0.25, 0.3) is 5.69 Å². The molecule has 0 amide bonds. The highest BCUT2D eigenvalue weighted by Gasteiger charge is 2.63. The molecular formula is C44H52N2O10S. The number of carbonyl (C=O) groups excluding carboxylic acids is 1. The van der Waals surface area contributed by atoms with Crippen molar-refractivity contribution in [3.63, 3.8) is 0 Å². The minimum absolute atomic E-state index is 0.00711. The zero-order valence-corrected chi connectivity index (χ0v) is 33.4. The number of fused-ring (bicyclic) bond motifs is 2. The van der Waals surface area contributed by atoms with Gasteiger partial charge in [0.05, 0.1) is 41.1 Å². The smallest absolute Gasteiger partial charge is 0.269 e. The molecule has 13 heteroatoms. The van der Waals surface area contributed by atoms with Gasteiger partial charge in [-0.25, -0.2) is 0 Å².